The van der Waals surface area contributed by atoms with E-state index < -0.39 is 0 Å². The molecular weight excluding hydrogens is 233 g/mol. The molecule has 4 heteroatoms. The van der Waals surface area contributed by atoms with E-state index in [4.69, 9.17) is 9.47 Å². The Kier molecular flexibility index (Phi) is 4.55. The third kappa shape index (κ3) is 2.65. The topological polar surface area (TPSA) is 30.5 Å². The smallest absolute Gasteiger partial charge is 0.131 e. The Balaban J connectivity index is 2.31. The number of benzene rings is 1. The van der Waals surface area contributed by atoms with Gasteiger partial charge in [-0.15, -0.1) is 0 Å². The Morgan fingerprint density at radius 1 is 1.39 bits per heavy atom. The van der Waals surface area contributed by atoms with Gasteiger partial charge >= 0.3 is 0 Å². The lowest BCUT2D eigenvalue weighted by atomic mass is 9.86. The lowest BCUT2D eigenvalue weighted by Crippen LogP contribution is -2.31. The summed E-state index contributed by atoms with van der Waals surface area (Å²) in [7, 11) is 3.45. The zero-order chi connectivity index (χ0) is 13.0. The molecule has 18 heavy (non-hydrogen) atoms. The SMILES string of the molecule is CNC(c1c(F)cccc1OC)C1CCOCC1. The number of hydrogen-bond donors (Lipinski definition) is 1. The molecule has 1 aliphatic rings. The molecule has 0 radical (unpaired) electrons. The third-order valence-electron chi connectivity index (χ3n) is 3.59. The molecule has 2 rings (SSSR count). The van der Waals surface area contributed by atoms with Crippen molar-refractivity contribution in [3.8, 4) is 5.75 Å². The van der Waals surface area contributed by atoms with Gasteiger partial charge in [-0.3, -0.25) is 0 Å². The summed E-state index contributed by atoms with van der Waals surface area (Å²) in [5.41, 5.74) is 0.634. The Hall–Kier alpha value is -1.13. The maximum absolute atomic E-state index is 14.1. The molecule has 1 unspecified atom stereocenters. The first-order valence-electron chi connectivity index (χ1n) is 6.35. The fourth-order valence-electron chi connectivity index (χ4n) is 2.66. The van der Waals surface area contributed by atoms with Gasteiger partial charge in [0, 0.05) is 24.8 Å². The van der Waals surface area contributed by atoms with Crippen molar-refractivity contribution in [1.82, 2.24) is 5.32 Å². The second kappa shape index (κ2) is 6.16. The van der Waals surface area contributed by atoms with E-state index in [0.29, 0.717) is 17.2 Å². The molecule has 1 aromatic carbocycles. The van der Waals surface area contributed by atoms with Gasteiger partial charge in [-0.25, -0.2) is 4.39 Å². The molecule has 1 N–H and O–H groups in total. The molecular formula is C14H20FNO2. The zero-order valence-electron chi connectivity index (χ0n) is 10.9. The minimum Gasteiger partial charge on any atom is -0.496 e. The van der Waals surface area contributed by atoms with Crippen LogP contribution in [0.25, 0.3) is 0 Å². The quantitative estimate of drug-likeness (QED) is 0.894. The Morgan fingerprint density at radius 3 is 2.72 bits per heavy atom. The predicted molar refractivity (Wildman–Crippen MR) is 68.3 cm³/mol. The number of ether oxygens (including phenoxy) is 2. The lowest BCUT2D eigenvalue weighted by molar-refractivity contribution is 0.0538. The summed E-state index contributed by atoms with van der Waals surface area (Å²) in [6.45, 7) is 1.50. The van der Waals surface area contributed by atoms with Crippen LogP contribution in [0, 0.1) is 11.7 Å². The number of rotatable bonds is 4. The minimum atomic E-state index is -0.208. The molecule has 0 spiro atoms. The molecule has 0 aliphatic carbocycles. The van der Waals surface area contributed by atoms with Crippen LogP contribution >= 0.6 is 0 Å². The molecule has 0 saturated carbocycles. The monoisotopic (exact) mass is 253 g/mol. The summed E-state index contributed by atoms with van der Waals surface area (Å²) < 4.78 is 24.7. The maximum Gasteiger partial charge on any atom is 0.131 e. The summed E-state index contributed by atoms with van der Waals surface area (Å²) in [6.07, 6.45) is 1.89. The standard InChI is InChI=1S/C14H20FNO2/c1-16-14(10-6-8-18-9-7-10)13-11(15)4-3-5-12(13)17-2/h3-5,10,14,16H,6-9H2,1-2H3. The van der Waals surface area contributed by atoms with Gasteiger partial charge in [0.1, 0.15) is 11.6 Å². The van der Waals surface area contributed by atoms with Crippen LogP contribution < -0.4 is 10.1 Å². The van der Waals surface area contributed by atoms with Crippen LogP contribution in [0.1, 0.15) is 24.4 Å². The largest absolute Gasteiger partial charge is 0.496 e. The second-order valence-electron chi connectivity index (χ2n) is 4.57. The van der Waals surface area contributed by atoms with Gasteiger partial charge in [0.05, 0.1) is 7.11 Å². The first kappa shape index (κ1) is 13.3. The fourth-order valence-corrected chi connectivity index (χ4v) is 2.66. The Labute approximate surface area is 107 Å². The van der Waals surface area contributed by atoms with Crippen LogP contribution in [-0.4, -0.2) is 27.4 Å². The molecule has 100 valence electrons. The van der Waals surface area contributed by atoms with Gasteiger partial charge < -0.3 is 14.8 Å². The molecule has 0 aromatic heterocycles. The molecule has 0 amide bonds. The van der Waals surface area contributed by atoms with Gasteiger partial charge in [-0.05, 0) is 37.9 Å². The highest BCUT2D eigenvalue weighted by atomic mass is 19.1. The Bertz CT molecular complexity index is 391. The van der Waals surface area contributed by atoms with E-state index in [0.717, 1.165) is 26.1 Å². The number of nitrogens with one attached hydrogen (secondary N) is 1. The highest BCUT2D eigenvalue weighted by Gasteiger charge is 2.28. The van der Waals surface area contributed by atoms with Crippen LogP contribution in [0.5, 0.6) is 5.75 Å². The zero-order valence-corrected chi connectivity index (χ0v) is 10.9. The molecule has 1 fully saturated rings. The van der Waals surface area contributed by atoms with Gasteiger partial charge in [0.15, 0.2) is 0 Å². The van der Waals surface area contributed by atoms with Gasteiger partial charge in [-0.2, -0.15) is 0 Å². The average Bonchev–Trinajstić information content (AvgIpc) is 2.42. The van der Waals surface area contributed by atoms with Crippen LogP contribution in [0.15, 0.2) is 18.2 Å². The molecule has 1 heterocycles. The van der Waals surface area contributed by atoms with Crippen molar-refractivity contribution in [3.05, 3.63) is 29.6 Å². The van der Waals surface area contributed by atoms with Crippen molar-refractivity contribution < 1.29 is 13.9 Å². The number of halogens is 1. The second-order valence-corrected chi connectivity index (χ2v) is 4.57. The van der Waals surface area contributed by atoms with E-state index in [1.807, 2.05) is 13.1 Å². The van der Waals surface area contributed by atoms with Crippen molar-refractivity contribution in [1.29, 1.82) is 0 Å². The van der Waals surface area contributed by atoms with E-state index in [2.05, 4.69) is 5.32 Å². The summed E-state index contributed by atoms with van der Waals surface area (Å²) in [5, 5.41) is 3.23. The van der Waals surface area contributed by atoms with E-state index in [9.17, 15) is 4.39 Å². The normalized spacial score (nSPS) is 18.6. The fraction of sp³-hybridized carbons (Fsp3) is 0.571. The molecule has 1 aliphatic heterocycles. The van der Waals surface area contributed by atoms with E-state index in [-0.39, 0.29) is 11.9 Å². The highest BCUT2D eigenvalue weighted by molar-refractivity contribution is 5.37. The molecule has 3 nitrogen and oxygen atoms in total. The van der Waals surface area contributed by atoms with Gasteiger partial charge in [0.2, 0.25) is 0 Å². The Morgan fingerprint density at radius 2 is 2.11 bits per heavy atom. The van der Waals surface area contributed by atoms with Crippen molar-refractivity contribution in [2.24, 2.45) is 5.92 Å². The first-order valence-corrected chi connectivity index (χ1v) is 6.35. The summed E-state index contributed by atoms with van der Waals surface area (Å²) in [5.74, 6) is 0.788. The van der Waals surface area contributed by atoms with Crippen molar-refractivity contribution >= 4 is 0 Å². The summed E-state index contributed by atoms with van der Waals surface area (Å²) in [4.78, 5) is 0. The molecule has 1 saturated heterocycles. The molecule has 0 bridgehead atoms. The first-order chi connectivity index (χ1) is 8.77. The van der Waals surface area contributed by atoms with Crippen LogP contribution in [0.2, 0.25) is 0 Å². The molecule has 1 aromatic rings. The van der Waals surface area contributed by atoms with Gasteiger partial charge in [0.25, 0.3) is 0 Å². The van der Waals surface area contributed by atoms with Gasteiger partial charge in [-0.1, -0.05) is 6.07 Å². The van der Waals surface area contributed by atoms with Crippen LogP contribution in [0.3, 0.4) is 0 Å². The van der Waals surface area contributed by atoms with E-state index >= 15 is 0 Å². The lowest BCUT2D eigenvalue weighted by Gasteiger charge is -2.31. The van der Waals surface area contributed by atoms with Crippen LogP contribution in [0.4, 0.5) is 4.39 Å². The van der Waals surface area contributed by atoms with Crippen LogP contribution in [-0.2, 0) is 4.74 Å². The number of hydrogen-bond acceptors (Lipinski definition) is 3. The van der Waals surface area contributed by atoms with E-state index in [1.165, 1.54) is 6.07 Å². The van der Waals surface area contributed by atoms with Crippen molar-refractivity contribution in [2.75, 3.05) is 27.4 Å². The van der Waals surface area contributed by atoms with Crippen molar-refractivity contribution in [3.63, 3.8) is 0 Å². The minimum absolute atomic E-state index is 0.0231. The van der Waals surface area contributed by atoms with E-state index in [1.54, 1.807) is 13.2 Å². The summed E-state index contributed by atoms with van der Waals surface area (Å²) in [6, 6.07) is 4.95. The van der Waals surface area contributed by atoms with Crippen molar-refractivity contribution in [2.45, 2.75) is 18.9 Å². The highest BCUT2D eigenvalue weighted by Crippen LogP contribution is 2.36. The molecule has 1 atom stereocenters. The maximum atomic E-state index is 14.1. The predicted octanol–water partition coefficient (Wildman–Crippen LogP) is 2.52. The summed E-state index contributed by atoms with van der Waals surface area (Å²) >= 11 is 0. The average molecular weight is 253 g/mol. The number of methoxy groups -OCH3 is 1. The third-order valence-corrected chi connectivity index (χ3v) is 3.59.